The van der Waals surface area contributed by atoms with Crippen LogP contribution in [0, 0.1) is 0 Å². The van der Waals surface area contributed by atoms with Crippen molar-refractivity contribution in [3.05, 3.63) is 9.98 Å². The highest BCUT2D eigenvalue weighted by atomic mass is 79.9. The molecule has 0 radical (unpaired) electrons. The van der Waals surface area contributed by atoms with Gasteiger partial charge >= 0.3 is 6.03 Å². The Balaban J connectivity index is 1.80. The first-order valence-corrected chi connectivity index (χ1v) is 7.69. The second-order valence-corrected chi connectivity index (χ2v) is 6.71. The molecule has 2 N–H and O–H groups in total. The first-order chi connectivity index (χ1) is 8.67. The summed E-state index contributed by atoms with van der Waals surface area (Å²) in [6, 6.07) is 0.0712. The predicted molar refractivity (Wildman–Crippen MR) is 77.1 cm³/mol. The Kier molecular flexibility index (Phi) is 4.96. The van der Waals surface area contributed by atoms with E-state index >= 15 is 0 Å². The summed E-state index contributed by atoms with van der Waals surface area (Å²) in [4.78, 5) is 18.2. The molecule has 1 atom stereocenters. The van der Waals surface area contributed by atoms with Crippen LogP contribution in [0.4, 0.5) is 9.93 Å². The van der Waals surface area contributed by atoms with E-state index in [1.165, 1.54) is 11.3 Å². The maximum atomic E-state index is 11.8. The summed E-state index contributed by atoms with van der Waals surface area (Å²) in [7, 11) is 0. The Labute approximate surface area is 119 Å². The summed E-state index contributed by atoms with van der Waals surface area (Å²) < 4.78 is 0.910. The van der Waals surface area contributed by atoms with Gasteiger partial charge < -0.3 is 10.2 Å². The average Bonchev–Trinajstić information content (AvgIpc) is 2.74. The summed E-state index contributed by atoms with van der Waals surface area (Å²) in [5.74, 6) is 0. The van der Waals surface area contributed by atoms with Crippen LogP contribution in [0.1, 0.15) is 19.8 Å². The second-order valence-electron chi connectivity index (χ2n) is 4.30. The van der Waals surface area contributed by atoms with Crippen LogP contribution in [0.3, 0.4) is 0 Å². The highest BCUT2D eigenvalue weighted by Crippen LogP contribution is 2.23. The zero-order valence-corrected chi connectivity index (χ0v) is 12.7. The van der Waals surface area contributed by atoms with Gasteiger partial charge in [0.15, 0.2) is 5.13 Å². The van der Waals surface area contributed by atoms with E-state index in [4.69, 9.17) is 0 Å². The second kappa shape index (κ2) is 6.49. The minimum absolute atomic E-state index is 0.167. The van der Waals surface area contributed by atoms with Crippen molar-refractivity contribution in [3.63, 3.8) is 0 Å². The molecule has 1 unspecified atom stereocenters. The standard InChI is InChI=1S/C11H17BrN4OS/c1-2-16-5-3-4-8(7-16)14-10(17)15-11-13-6-9(12)18-11/h6,8H,2-5,7H2,1H3,(H2,13,14,15,17). The van der Waals surface area contributed by atoms with Gasteiger partial charge in [-0.1, -0.05) is 18.3 Å². The summed E-state index contributed by atoms with van der Waals surface area (Å²) in [5, 5.41) is 6.37. The Morgan fingerprint density at radius 2 is 2.56 bits per heavy atom. The number of hydrogen-bond donors (Lipinski definition) is 2. The molecule has 7 heteroatoms. The number of hydrogen-bond acceptors (Lipinski definition) is 4. The molecule has 100 valence electrons. The van der Waals surface area contributed by atoms with Crippen molar-refractivity contribution >= 4 is 38.4 Å². The van der Waals surface area contributed by atoms with Crippen molar-refractivity contribution in [3.8, 4) is 0 Å². The van der Waals surface area contributed by atoms with E-state index in [1.54, 1.807) is 6.20 Å². The summed E-state index contributed by atoms with van der Waals surface area (Å²) >= 11 is 4.72. The molecule has 2 amide bonds. The number of anilines is 1. The van der Waals surface area contributed by atoms with Crippen LogP contribution in [0.2, 0.25) is 0 Å². The Hall–Kier alpha value is -0.660. The van der Waals surface area contributed by atoms with Crippen LogP contribution in [0.5, 0.6) is 0 Å². The molecule has 1 aromatic rings. The maximum absolute atomic E-state index is 11.8. The first kappa shape index (κ1) is 13.8. The number of urea groups is 1. The fourth-order valence-electron chi connectivity index (χ4n) is 2.09. The lowest BCUT2D eigenvalue weighted by molar-refractivity contribution is 0.196. The predicted octanol–water partition coefficient (Wildman–Crippen LogP) is 2.51. The van der Waals surface area contributed by atoms with Gasteiger partial charge in [0, 0.05) is 12.6 Å². The van der Waals surface area contributed by atoms with E-state index in [-0.39, 0.29) is 12.1 Å². The van der Waals surface area contributed by atoms with E-state index in [2.05, 4.69) is 43.4 Å². The lowest BCUT2D eigenvalue weighted by Crippen LogP contribution is -2.48. The number of likely N-dealkylation sites (tertiary alicyclic amines) is 1. The number of likely N-dealkylation sites (N-methyl/N-ethyl adjacent to an activating group) is 1. The number of halogens is 1. The first-order valence-electron chi connectivity index (χ1n) is 6.08. The number of nitrogens with one attached hydrogen (secondary N) is 2. The lowest BCUT2D eigenvalue weighted by Gasteiger charge is -2.32. The molecule has 1 saturated heterocycles. The zero-order chi connectivity index (χ0) is 13.0. The molecule has 0 bridgehead atoms. The van der Waals surface area contributed by atoms with Gasteiger partial charge in [-0.3, -0.25) is 5.32 Å². The van der Waals surface area contributed by atoms with Crippen molar-refractivity contribution in [2.45, 2.75) is 25.8 Å². The van der Waals surface area contributed by atoms with Crippen molar-refractivity contribution in [2.24, 2.45) is 0 Å². The molecule has 1 fully saturated rings. The largest absolute Gasteiger partial charge is 0.334 e. The van der Waals surface area contributed by atoms with Gasteiger partial charge in [-0.15, -0.1) is 0 Å². The molecule has 0 saturated carbocycles. The Morgan fingerprint density at radius 1 is 1.72 bits per heavy atom. The molecule has 1 aromatic heterocycles. The number of aromatic nitrogens is 1. The number of carbonyl (C=O) groups is 1. The summed E-state index contributed by atoms with van der Waals surface area (Å²) in [6.45, 7) is 5.26. The third-order valence-electron chi connectivity index (χ3n) is 2.99. The Morgan fingerprint density at radius 3 is 3.22 bits per heavy atom. The van der Waals surface area contributed by atoms with E-state index in [9.17, 15) is 4.79 Å². The molecule has 18 heavy (non-hydrogen) atoms. The SMILES string of the molecule is CCN1CCCC(NC(=O)Nc2ncc(Br)s2)C1. The van der Waals surface area contributed by atoms with Gasteiger partial charge in [-0.25, -0.2) is 9.78 Å². The van der Waals surface area contributed by atoms with Crippen LogP contribution in [-0.4, -0.2) is 41.6 Å². The van der Waals surface area contributed by atoms with Gasteiger partial charge in [0.25, 0.3) is 0 Å². The van der Waals surface area contributed by atoms with Crippen LogP contribution in [0.15, 0.2) is 9.98 Å². The number of rotatable bonds is 3. The third-order valence-corrected chi connectivity index (χ3v) is 4.38. The molecule has 2 rings (SSSR count). The van der Waals surface area contributed by atoms with Crippen LogP contribution < -0.4 is 10.6 Å². The van der Waals surface area contributed by atoms with E-state index in [1.807, 2.05) is 0 Å². The zero-order valence-electron chi connectivity index (χ0n) is 10.3. The minimum atomic E-state index is -0.167. The van der Waals surface area contributed by atoms with E-state index < -0.39 is 0 Å². The molecule has 2 heterocycles. The number of thiazole rings is 1. The number of nitrogens with zero attached hydrogens (tertiary/aromatic N) is 2. The maximum Gasteiger partial charge on any atom is 0.321 e. The summed E-state index contributed by atoms with van der Waals surface area (Å²) in [6.07, 6.45) is 3.87. The van der Waals surface area contributed by atoms with Gasteiger partial charge in [0.05, 0.1) is 9.98 Å². The molecule has 0 aliphatic carbocycles. The molecular formula is C11H17BrN4OS. The van der Waals surface area contributed by atoms with Gasteiger partial charge in [0.1, 0.15) is 0 Å². The van der Waals surface area contributed by atoms with Crippen molar-refractivity contribution < 1.29 is 4.79 Å². The highest BCUT2D eigenvalue weighted by molar-refractivity contribution is 9.11. The monoisotopic (exact) mass is 332 g/mol. The van der Waals surface area contributed by atoms with E-state index in [0.29, 0.717) is 5.13 Å². The quantitative estimate of drug-likeness (QED) is 0.894. The van der Waals surface area contributed by atoms with Gasteiger partial charge in [-0.05, 0) is 41.9 Å². The molecule has 5 nitrogen and oxygen atoms in total. The van der Waals surface area contributed by atoms with Crippen molar-refractivity contribution in [1.82, 2.24) is 15.2 Å². The fraction of sp³-hybridized carbons (Fsp3) is 0.636. The average molecular weight is 333 g/mol. The van der Waals surface area contributed by atoms with Crippen LogP contribution in [-0.2, 0) is 0 Å². The highest BCUT2D eigenvalue weighted by Gasteiger charge is 2.20. The molecular weight excluding hydrogens is 316 g/mol. The van der Waals surface area contributed by atoms with Crippen molar-refractivity contribution in [2.75, 3.05) is 25.0 Å². The molecule has 0 spiro atoms. The number of amides is 2. The molecule has 0 aromatic carbocycles. The molecule has 1 aliphatic heterocycles. The van der Waals surface area contributed by atoms with Crippen LogP contribution >= 0.6 is 27.3 Å². The van der Waals surface area contributed by atoms with E-state index in [0.717, 1.165) is 36.3 Å². The number of piperidine rings is 1. The molecule has 1 aliphatic rings. The van der Waals surface area contributed by atoms with Gasteiger partial charge in [0.2, 0.25) is 0 Å². The Bertz CT molecular complexity index is 412. The fourth-order valence-corrected chi connectivity index (χ4v) is 3.19. The van der Waals surface area contributed by atoms with Crippen LogP contribution in [0.25, 0.3) is 0 Å². The topological polar surface area (TPSA) is 57.3 Å². The number of carbonyl (C=O) groups excluding carboxylic acids is 1. The minimum Gasteiger partial charge on any atom is -0.334 e. The van der Waals surface area contributed by atoms with Gasteiger partial charge in [-0.2, -0.15) is 0 Å². The van der Waals surface area contributed by atoms with Crippen molar-refractivity contribution in [1.29, 1.82) is 0 Å². The summed E-state index contributed by atoms with van der Waals surface area (Å²) in [5.41, 5.74) is 0. The normalized spacial score (nSPS) is 20.7. The third kappa shape index (κ3) is 3.93. The smallest absolute Gasteiger partial charge is 0.321 e. The lowest BCUT2D eigenvalue weighted by atomic mass is 10.1.